The first-order chi connectivity index (χ1) is 8.81. The van der Waals surface area contributed by atoms with E-state index in [9.17, 15) is 4.39 Å². The summed E-state index contributed by atoms with van der Waals surface area (Å²) in [5, 5.41) is 16.4. The van der Waals surface area contributed by atoms with Crippen LogP contribution in [0.1, 0.15) is 5.56 Å². The Morgan fingerprint density at radius 3 is 3.00 bits per heavy atom. The number of hydrogen-bond donors (Lipinski definition) is 0. The molecule has 5 nitrogen and oxygen atoms in total. The number of nitrogens with zero attached hydrogens (tertiary/aromatic N) is 5. The Hall–Kier alpha value is -2.81. The van der Waals surface area contributed by atoms with Gasteiger partial charge < -0.3 is 0 Å². The van der Waals surface area contributed by atoms with Crippen LogP contribution in [0.4, 0.5) is 4.39 Å². The number of rotatable bonds is 1. The van der Waals surface area contributed by atoms with E-state index >= 15 is 0 Å². The van der Waals surface area contributed by atoms with Gasteiger partial charge in [0.25, 0.3) is 0 Å². The summed E-state index contributed by atoms with van der Waals surface area (Å²) >= 11 is 0. The lowest BCUT2D eigenvalue weighted by Gasteiger charge is -2.05. The van der Waals surface area contributed by atoms with Crippen molar-refractivity contribution < 1.29 is 4.39 Å². The van der Waals surface area contributed by atoms with Crippen LogP contribution < -0.4 is 0 Å². The van der Waals surface area contributed by atoms with Crippen LogP contribution in [0.25, 0.3) is 16.9 Å². The van der Waals surface area contributed by atoms with E-state index in [1.54, 1.807) is 36.7 Å². The molecule has 0 aliphatic rings. The smallest absolute Gasteiger partial charge is 0.166 e. The van der Waals surface area contributed by atoms with Crippen LogP contribution in [-0.4, -0.2) is 19.8 Å². The molecule has 0 N–H and O–H groups in total. The molecule has 0 saturated carbocycles. The molecule has 0 aliphatic heterocycles. The van der Waals surface area contributed by atoms with E-state index in [1.807, 2.05) is 0 Å². The van der Waals surface area contributed by atoms with E-state index in [4.69, 9.17) is 5.26 Å². The van der Waals surface area contributed by atoms with Gasteiger partial charge in [0, 0.05) is 6.20 Å². The Morgan fingerprint density at radius 2 is 2.17 bits per heavy atom. The number of hydrogen-bond acceptors (Lipinski definition) is 4. The molecule has 2 heterocycles. The molecule has 0 fully saturated rings. The number of halogens is 1. The van der Waals surface area contributed by atoms with Crippen LogP contribution in [0, 0.1) is 17.1 Å². The average Bonchev–Trinajstić information content (AvgIpc) is 2.87. The van der Waals surface area contributed by atoms with Crippen molar-refractivity contribution >= 4 is 5.52 Å². The maximum absolute atomic E-state index is 14.1. The van der Waals surface area contributed by atoms with E-state index in [0.29, 0.717) is 11.3 Å². The molecule has 3 aromatic rings. The second-order valence-electron chi connectivity index (χ2n) is 3.62. The highest BCUT2D eigenvalue weighted by Gasteiger charge is 2.14. The molecule has 0 spiro atoms. The van der Waals surface area contributed by atoms with Crippen molar-refractivity contribution in [2.75, 3.05) is 0 Å². The van der Waals surface area contributed by atoms with Gasteiger partial charge in [-0.05, 0) is 18.2 Å². The monoisotopic (exact) mass is 239 g/mol. The van der Waals surface area contributed by atoms with Crippen LogP contribution in [0.15, 0.2) is 36.7 Å². The van der Waals surface area contributed by atoms with Gasteiger partial charge in [-0.2, -0.15) is 9.78 Å². The largest absolute Gasteiger partial charge is 0.236 e. The fraction of sp³-hybridized carbons (Fsp3) is 0. The van der Waals surface area contributed by atoms with Gasteiger partial charge in [-0.15, -0.1) is 5.10 Å². The molecule has 0 saturated heterocycles. The van der Waals surface area contributed by atoms with E-state index in [2.05, 4.69) is 15.3 Å². The first-order valence-electron chi connectivity index (χ1n) is 5.15. The van der Waals surface area contributed by atoms with Crippen molar-refractivity contribution in [2.45, 2.75) is 0 Å². The predicted octanol–water partition coefficient (Wildman–Crippen LogP) is 1.80. The molecule has 0 amide bonds. The quantitative estimate of drug-likeness (QED) is 0.649. The fourth-order valence-corrected chi connectivity index (χ4v) is 1.73. The summed E-state index contributed by atoms with van der Waals surface area (Å²) in [5.41, 5.74) is 0.915. The first-order valence-corrected chi connectivity index (χ1v) is 5.15. The normalized spacial score (nSPS) is 10.4. The van der Waals surface area contributed by atoms with Crippen LogP contribution in [0.5, 0.6) is 0 Å². The lowest BCUT2D eigenvalue weighted by atomic mass is 10.1. The highest BCUT2D eigenvalue weighted by molar-refractivity contribution is 5.62. The predicted molar refractivity (Wildman–Crippen MR) is 60.9 cm³/mol. The summed E-state index contributed by atoms with van der Waals surface area (Å²) < 4.78 is 15.5. The van der Waals surface area contributed by atoms with Crippen LogP contribution in [-0.2, 0) is 0 Å². The molecular weight excluding hydrogens is 233 g/mol. The third kappa shape index (κ3) is 1.42. The van der Waals surface area contributed by atoms with E-state index in [1.165, 1.54) is 10.6 Å². The topological polar surface area (TPSA) is 66.9 Å². The van der Waals surface area contributed by atoms with Crippen LogP contribution in [0.3, 0.4) is 0 Å². The average molecular weight is 239 g/mol. The van der Waals surface area contributed by atoms with Crippen molar-refractivity contribution in [1.29, 1.82) is 5.26 Å². The standard InChI is InChI=1S/C12H6FN5/c13-11-8(6-14)2-1-3-10(11)12-15-5-4-9-7-16-17-18(9)12/h1-5,7H. The maximum Gasteiger partial charge on any atom is 0.166 e. The van der Waals surface area contributed by atoms with Crippen molar-refractivity contribution in [3.63, 3.8) is 0 Å². The highest BCUT2D eigenvalue weighted by Crippen LogP contribution is 2.23. The molecule has 2 aromatic heterocycles. The SMILES string of the molecule is N#Cc1cccc(-c2nccc3cnnn23)c1F. The number of fused-ring (bicyclic) bond motifs is 1. The minimum Gasteiger partial charge on any atom is -0.236 e. The molecular formula is C12H6FN5. The second-order valence-corrected chi connectivity index (χ2v) is 3.62. The molecule has 0 radical (unpaired) electrons. The minimum atomic E-state index is -0.601. The summed E-state index contributed by atoms with van der Waals surface area (Å²) in [4.78, 5) is 4.10. The van der Waals surface area contributed by atoms with Gasteiger partial charge in [-0.1, -0.05) is 11.3 Å². The van der Waals surface area contributed by atoms with Crippen molar-refractivity contribution in [3.8, 4) is 17.5 Å². The summed E-state index contributed by atoms with van der Waals surface area (Å²) in [6.45, 7) is 0. The summed E-state index contributed by atoms with van der Waals surface area (Å²) in [6, 6.07) is 8.09. The molecule has 0 atom stereocenters. The number of aromatic nitrogens is 4. The van der Waals surface area contributed by atoms with Crippen molar-refractivity contribution in [3.05, 3.63) is 48.0 Å². The van der Waals surface area contributed by atoms with Crippen molar-refractivity contribution in [1.82, 2.24) is 19.8 Å². The van der Waals surface area contributed by atoms with Crippen molar-refractivity contribution in [2.24, 2.45) is 0 Å². The highest BCUT2D eigenvalue weighted by atomic mass is 19.1. The molecule has 0 unspecified atom stereocenters. The van der Waals surface area contributed by atoms with Gasteiger partial charge in [-0.3, -0.25) is 0 Å². The zero-order valence-corrected chi connectivity index (χ0v) is 9.08. The Balaban J connectivity index is 2.34. The molecule has 6 heteroatoms. The van der Waals surface area contributed by atoms with Crippen LogP contribution >= 0.6 is 0 Å². The van der Waals surface area contributed by atoms with Gasteiger partial charge in [0.05, 0.1) is 22.8 Å². The summed E-state index contributed by atoms with van der Waals surface area (Å²) in [6.07, 6.45) is 3.10. The van der Waals surface area contributed by atoms with Gasteiger partial charge in [0.1, 0.15) is 6.07 Å². The van der Waals surface area contributed by atoms with Gasteiger partial charge >= 0.3 is 0 Å². The Kier molecular flexibility index (Phi) is 2.24. The zero-order valence-electron chi connectivity index (χ0n) is 9.08. The Labute approximate surface area is 101 Å². The summed E-state index contributed by atoms with van der Waals surface area (Å²) in [5.74, 6) is -0.282. The Bertz CT molecular complexity index is 771. The first kappa shape index (κ1) is 10.4. The third-order valence-electron chi connectivity index (χ3n) is 2.58. The second kappa shape index (κ2) is 3.89. The minimum absolute atomic E-state index is 0.0218. The lowest BCUT2D eigenvalue weighted by Crippen LogP contribution is -2.00. The fourth-order valence-electron chi connectivity index (χ4n) is 1.73. The van der Waals surface area contributed by atoms with Gasteiger partial charge in [-0.25, -0.2) is 9.37 Å². The lowest BCUT2D eigenvalue weighted by molar-refractivity contribution is 0.624. The Morgan fingerprint density at radius 1 is 1.28 bits per heavy atom. The molecule has 0 bridgehead atoms. The number of benzene rings is 1. The van der Waals surface area contributed by atoms with Crippen LogP contribution in [0.2, 0.25) is 0 Å². The zero-order chi connectivity index (χ0) is 12.5. The summed E-state index contributed by atoms with van der Waals surface area (Å²) in [7, 11) is 0. The third-order valence-corrected chi connectivity index (χ3v) is 2.58. The molecule has 3 rings (SSSR count). The molecule has 18 heavy (non-hydrogen) atoms. The number of nitriles is 1. The van der Waals surface area contributed by atoms with E-state index < -0.39 is 5.82 Å². The van der Waals surface area contributed by atoms with Gasteiger partial charge in [0.2, 0.25) is 0 Å². The van der Waals surface area contributed by atoms with Gasteiger partial charge in [0.15, 0.2) is 11.6 Å². The molecule has 1 aromatic carbocycles. The molecule has 86 valence electrons. The maximum atomic E-state index is 14.1. The molecule has 0 aliphatic carbocycles. The van der Waals surface area contributed by atoms with E-state index in [-0.39, 0.29) is 11.1 Å². The van der Waals surface area contributed by atoms with E-state index in [0.717, 1.165) is 0 Å².